The van der Waals surface area contributed by atoms with Crippen LogP contribution in [0.5, 0.6) is 0 Å². The fourth-order valence-corrected chi connectivity index (χ4v) is 4.69. The van der Waals surface area contributed by atoms with Crippen molar-refractivity contribution in [1.29, 1.82) is 5.26 Å². The van der Waals surface area contributed by atoms with E-state index in [4.69, 9.17) is 5.26 Å². The summed E-state index contributed by atoms with van der Waals surface area (Å²) in [6.07, 6.45) is 0.797. The van der Waals surface area contributed by atoms with E-state index in [1.807, 2.05) is 0 Å². The predicted octanol–water partition coefficient (Wildman–Crippen LogP) is 0.366. The number of hydrogen-bond acceptors (Lipinski definition) is 5. The van der Waals surface area contributed by atoms with E-state index in [2.05, 4.69) is 10.2 Å². The molecule has 23 heavy (non-hydrogen) atoms. The zero-order chi connectivity index (χ0) is 16.4. The fraction of sp³-hybridized carbons (Fsp3) is 0.533. The number of sulfonamides is 1. The van der Waals surface area contributed by atoms with Gasteiger partial charge in [-0.3, -0.25) is 4.90 Å². The van der Waals surface area contributed by atoms with Gasteiger partial charge in [-0.2, -0.15) is 9.57 Å². The molecule has 2 fully saturated rings. The summed E-state index contributed by atoms with van der Waals surface area (Å²) in [7, 11) is -3.69. The normalized spacial score (nSPS) is 23.7. The number of piperazine rings is 1. The Labute approximate surface area is 135 Å². The van der Waals surface area contributed by atoms with Crippen molar-refractivity contribution >= 4 is 10.0 Å². The van der Waals surface area contributed by atoms with Crippen LogP contribution in [0.2, 0.25) is 0 Å². The van der Waals surface area contributed by atoms with E-state index in [0.29, 0.717) is 13.1 Å². The standard InChI is InChI=1S/C15H19FN4O2S/c16-15-2-1-14(9-12(15)10-17)23(21,22)20-6-3-13(11-20)19-7-4-18-5-8-19/h1-2,9,13,18H,3-8,11H2. The number of nitrogens with zero attached hydrogens (tertiary/aromatic N) is 3. The average Bonchev–Trinajstić information content (AvgIpc) is 3.07. The second-order valence-corrected chi connectivity index (χ2v) is 7.78. The summed E-state index contributed by atoms with van der Waals surface area (Å²) in [6, 6.07) is 5.29. The van der Waals surface area contributed by atoms with Gasteiger partial charge in [0.2, 0.25) is 10.0 Å². The molecule has 6 nitrogen and oxygen atoms in total. The van der Waals surface area contributed by atoms with E-state index in [9.17, 15) is 12.8 Å². The Bertz CT molecular complexity index is 725. The van der Waals surface area contributed by atoms with Crippen LogP contribution in [0.1, 0.15) is 12.0 Å². The van der Waals surface area contributed by atoms with Crippen molar-refractivity contribution in [3.8, 4) is 6.07 Å². The lowest BCUT2D eigenvalue weighted by Gasteiger charge is -2.32. The van der Waals surface area contributed by atoms with Gasteiger partial charge in [0, 0.05) is 45.3 Å². The monoisotopic (exact) mass is 338 g/mol. The lowest BCUT2D eigenvalue weighted by Crippen LogP contribution is -2.49. The number of nitriles is 1. The molecule has 0 bridgehead atoms. The molecule has 0 saturated carbocycles. The highest BCUT2D eigenvalue weighted by atomic mass is 32.2. The second kappa shape index (κ2) is 6.53. The fourth-order valence-electron chi connectivity index (χ4n) is 3.17. The molecule has 8 heteroatoms. The van der Waals surface area contributed by atoms with Crippen LogP contribution in [0.3, 0.4) is 0 Å². The molecule has 2 saturated heterocycles. The molecule has 0 radical (unpaired) electrons. The Kier molecular flexibility index (Phi) is 4.64. The molecule has 124 valence electrons. The van der Waals surface area contributed by atoms with Crippen molar-refractivity contribution in [2.75, 3.05) is 39.3 Å². The smallest absolute Gasteiger partial charge is 0.243 e. The molecule has 0 spiro atoms. The maximum absolute atomic E-state index is 13.4. The topological polar surface area (TPSA) is 76.4 Å². The van der Waals surface area contributed by atoms with Crippen LogP contribution in [0, 0.1) is 17.1 Å². The summed E-state index contributed by atoms with van der Waals surface area (Å²) < 4.78 is 40.2. The van der Waals surface area contributed by atoms with Crippen LogP contribution in [0.25, 0.3) is 0 Å². The molecule has 3 rings (SSSR count). The summed E-state index contributed by atoms with van der Waals surface area (Å²) in [5.41, 5.74) is -0.246. The molecule has 2 aliphatic heterocycles. The van der Waals surface area contributed by atoms with Crippen molar-refractivity contribution in [3.05, 3.63) is 29.6 Å². The SMILES string of the molecule is N#Cc1cc(S(=O)(=O)N2CCC(N3CCNCC3)C2)ccc1F. The highest BCUT2D eigenvalue weighted by Crippen LogP contribution is 2.25. The zero-order valence-electron chi connectivity index (χ0n) is 12.7. The first-order chi connectivity index (χ1) is 11.0. The Morgan fingerprint density at radius 1 is 1.26 bits per heavy atom. The molecule has 0 aromatic heterocycles. The first-order valence-electron chi connectivity index (χ1n) is 7.67. The highest BCUT2D eigenvalue weighted by Gasteiger charge is 2.35. The minimum atomic E-state index is -3.69. The minimum absolute atomic E-state index is 0.0172. The third-order valence-corrected chi connectivity index (χ3v) is 6.35. The number of benzene rings is 1. The van der Waals surface area contributed by atoms with E-state index >= 15 is 0 Å². The molecule has 2 aliphatic rings. The molecule has 1 unspecified atom stereocenters. The first kappa shape index (κ1) is 16.3. The summed E-state index contributed by atoms with van der Waals surface area (Å²) in [6.45, 7) is 4.60. The zero-order valence-corrected chi connectivity index (χ0v) is 13.5. The van der Waals surface area contributed by atoms with E-state index in [0.717, 1.165) is 44.7 Å². The van der Waals surface area contributed by atoms with Crippen LogP contribution < -0.4 is 5.32 Å². The van der Waals surface area contributed by atoms with Gasteiger partial charge in [-0.15, -0.1) is 0 Å². The number of hydrogen-bond donors (Lipinski definition) is 1. The number of rotatable bonds is 3. The van der Waals surface area contributed by atoms with Gasteiger partial charge in [0.1, 0.15) is 11.9 Å². The Balaban J connectivity index is 1.77. The van der Waals surface area contributed by atoms with Gasteiger partial charge < -0.3 is 5.32 Å². The molecular formula is C15H19FN4O2S. The summed E-state index contributed by atoms with van der Waals surface area (Å²) >= 11 is 0. The molecule has 1 aromatic carbocycles. The van der Waals surface area contributed by atoms with Gasteiger partial charge in [-0.05, 0) is 24.6 Å². The summed E-state index contributed by atoms with van der Waals surface area (Å²) in [5, 5.41) is 12.2. The van der Waals surface area contributed by atoms with Gasteiger partial charge in [-0.1, -0.05) is 0 Å². The van der Waals surface area contributed by atoms with Crippen LogP contribution >= 0.6 is 0 Å². The second-order valence-electron chi connectivity index (χ2n) is 5.84. The maximum Gasteiger partial charge on any atom is 0.243 e. The summed E-state index contributed by atoms with van der Waals surface area (Å²) in [4.78, 5) is 2.30. The van der Waals surface area contributed by atoms with Crippen molar-refractivity contribution < 1.29 is 12.8 Å². The van der Waals surface area contributed by atoms with E-state index in [1.54, 1.807) is 6.07 Å². The van der Waals surface area contributed by atoms with Gasteiger partial charge >= 0.3 is 0 Å². The largest absolute Gasteiger partial charge is 0.314 e. The van der Waals surface area contributed by atoms with E-state index in [-0.39, 0.29) is 16.5 Å². The molecule has 1 N–H and O–H groups in total. The van der Waals surface area contributed by atoms with Gasteiger partial charge in [0.25, 0.3) is 0 Å². The Morgan fingerprint density at radius 2 is 2.00 bits per heavy atom. The van der Waals surface area contributed by atoms with Crippen LogP contribution in [-0.4, -0.2) is 62.9 Å². The van der Waals surface area contributed by atoms with Crippen molar-refractivity contribution in [2.45, 2.75) is 17.4 Å². The minimum Gasteiger partial charge on any atom is -0.314 e. The lowest BCUT2D eigenvalue weighted by molar-refractivity contribution is 0.179. The summed E-state index contributed by atoms with van der Waals surface area (Å²) in [5.74, 6) is -0.702. The van der Waals surface area contributed by atoms with Gasteiger partial charge in [0.05, 0.1) is 10.5 Å². The Morgan fingerprint density at radius 3 is 2.70 bits per heavy atom. The molecule has 2 heterocycles. The third-order valence-electron chi connectivity index (χ3n) is 4.49. The number of halogens is 1. The molecule has 1 atom stereocenters. The number of nitrogens with one attached hydrogen (secondary N) is 1. The predicted molar refractivity (Wildman–Crippen MR) is 82.7 cm³/mol. The van der Waals surface area contributed by atoms with Crippen LogP contribution in [-0.2, 0) is 10.0 Å². The quantitative estimate of drug-likeness (QED) is 0.861. The van der Waals surface area contributed by atoms with Crippen LogP contribution in [0.15, 0.2) is 23.1 Å². The molecule has 1 aromatic rings. The Hall–Kier alpha value is -1.53. The lowest BCUT2D eigenvalue weighted by atomic mass is 10.2. The van der Waals surface area contributed by atoms with Gasteiger partial charge in [-0.25, -0.2) is 12.8 Å². The van der Waals surface area contributed by atoms with Gasteiger partial charge in [0.15, 0.2) is 0 Å². The van der Waals surface area contributed by atoms with Crippen LogP contribution in [0.4, 0.5) is 4.39 Å². The highest BCUT2D eigenvalue weighted by molar-refractivity contribution is 7.89. The molecule has 0 aliphatic carbocycles. The molecule has 0 amide bonds. The van der Waals surface area contributed by atoms with E-state index in [1.165, 1.54) is 10.4 Å². The van der Waals surface area contributed by atoms with Crippen molar-refractivity contribution in [2.24, 2.45) is 0 Å². The molecular weight excluding hydrogens is 319 g/mol. The van der Waals surface area contributed by atoms with Crippen molar-refractivity contribution in [3.63, 3.8) is 0 Å². The van der Waals surface area contributed by atoms with E-state index < -0.39 is 15.8 Å². The maximum atomic E-state index is 13.4. The first-order valence-corrected chi connectivity index (χ1v) is 9.11. The third kappa shape index (κ3) is 3.23. The van der Waals surface area contributed by atoms with Crippen molar-refractivity contribution in [1.82, 2.24) is 14.5 Å². The average molecular weight is 338 g/mol.